The van der Waals surface area contributed by atoms with Crippen LogP contribution >= 0.6 is 0 Å². The van der Waals surface area contributed by atoms with Gasteiger partial charge in [0.2, 0.25) is 11.8 Å². The Balaban J connectivity index is 1.52. The van der Waals surface area contributed by atoms with Gasteiger partial charge in [0, 0.05) is 11.8 Å². The van der Waals surface area contributed by atoms with Crippen molar-refractivity contribution in [2.24, 2.45) is 0 Å². The van der Waals surface area contributed by atoms with Gasteiger partial charge in [-0.1, -0.05) is 18.2 Å². The number of benzene rings is 3. The van der Waals surface area contributed by atoms with Gasteiger partial charge in [-0.3, -0.25) is 0 Å². The number of ether oxygens (including phenoxy) is 1. The third kappa shape index (κ3) is 4.86. The molecule has 3 N–H and O–H groups in total. The van der Waals surface area contributed by atoms with Crippen LogP contribution in [0.3, 0.4) is 0 Å². The highest BCUT2D eigenvalue weighted by Gasteiger charge is 2.08. The van der Waals surface area contributed by atoms with Gasteiger partial charge in [-0.15, -0.1) is 0 Å². The Morgan fingerprint density at radius 1 is 0.727 bits per heavy atom. The molecule has 8 heteroatoms. The Hall–Kier alpha value is -5.39. The number of nitrogens with zero attached hydrogens (tertiary/aromatic N) is 5. The average Bonchev–Trinajstić information content (AvgIpc) is 2.84. The zero-order valence-corrected chi connectivity index (χ0v) is 17.1. The fourth-order valence-corrected chi connectivity index (χ4v) is 3.06. The second kappa shape index (κ2) is 9.18. The predicted octanol–water partition coefficient (Wildman–Crippen LogP) is 4.88. The molecule has 0 saturated heterocycles. The lowest BCUT2D eigenvalue weighted by Crippen LogP contribution is -2.02. The first-order valence-electron chi connectivity index (χ1n) is 9.72. The van der Waals surface area contributed by atoms with Crippen LogP contribution in [0, 0.1) is 34.0 Å². The van der Waals surface area contributed by atoms with Crippen molar-refractivity contribution >= 4 is 17.5 Å². The van der Waals surface area contributed by atoms with Crippen LogP contribution in [0.25, 0.3) is 11.1 Å². The first-order valence-corrected chi connectivity index (χ1v) is 9.72. The van der Waals surface area contributed by atoms with Crippen LogP contribution in [0.15, 0.2) is 72.8 Å². The normalized spacial score (nSPS) is 9.85. The molecule has 1 aromatic heterocycles. The smallest absolute Gasteiger partial charge is 0.232 e. The van der Waals surface area contributed by atoms with Gasteiger partial charge in [-0.2, -0.15) is 25.8 Å². The summed E-state index contributed by atoms with van der Waals surface area (Å²) in [7, 11) is 0. The van der Waals surface area contributed by atoms with Gasteiger partial charge in [0.15, 0.2) is 0 Å². The topological polar surface area (TPSA) is 144 Å². The van der Waals surface area contributed by atoms with Gasteiger partial charge < -0.3 is 15.8 Å². The van der Waals surface area contributed by atoms with E-state index in [9.17, 15) is 5.26 Å². The highest BCUT2D eigenvalue weighted by molar-refractivity contribution is 5.68. The number of nitrogens with two attached hydrogens (primary N) is 1. The summed E-state index contributed by atoms with van der Waals surface area (Å²) < 4.78 is 5.84. The fourth-order valence-electron chi connectivity index (χ4n) is 3.06. The number of nitrogens with one attached hydrogen (secondary N) is 1. The predicted molar refractivity (Wildman–Crippen MR) is 122 cm³/mol. The minimum absolute atomic E-state index is 0.231. The lowest BCUT2D eigenvalue weighted by Gasteiger charge is -2.10. The number of hydrogen-bond acceptors (Lipinski definition) is 8. The van der Waals surface area contributed by atoms with Gasteiger partial charge in [0.1, 0.15) is 23.7 Å². The molecule has 0 atom stereocenters. The van der Waals surface area contributed by atoms with E-state index in [1.165, 1.54) is 6.07 Å². The van der Waals surface area contributed by atoms with Crippen molar-refractivity contribution in [3.05, 3.63) is 89.5 Å². The van der Waals surface area contributed by atoms with Crippen molar-refractivity contribution in [1.82, 2.24) is 9.97 Å². The number of nitrogen functional groups attached to an aromatic ring is 1. The Morgan fingerprint density at radius 3 is 2.09 bits per heavy atom. The van der Waals surface area contributed by atoms with Crippen LogP contribution < -0.4 is 15.8 Å². The summed E-state index contributed by atoms with van der Waals surface area (Å²) in [5.41, 5.74) is 9.51. The molecule has 3 aromatic carbocycles. The monoisotopic (exact) mass is 429 g/mol. The second-order valence-corrected chi connectivity index (χ2v) is 6.88. The Morgan fingerprint density at radius 2 is 1.42 bits per heavy atom. The first kappa shape index (κ1) is 20.9. The molecular formula is C25H15N7O. The van der Waals surface area contributed by atoms with E-state index in [0.29, 0.717) is 28.1 Å². The van der Waals surface area contributed by atoms with E-state index < -0.39 is 0 Å². The largest absolute Gasteiger partial charge is 0.439 e. The number of aromatic nitrogens is 2. The highest BCUT2D eigenvalue weighted by atomic mass is 16.5. The molecule has 8 nitrogen and oxygen atoms in total. The summed E-state index contributed by atoms with van der Waals surface area (Å²) in [5.74, 6) is 1.29. The molecule has 0 aliphatic carbocycles. The third-order valence-electron chi connectivity index (χ3n) is 4.66. The molecule has 0 saturated carbocycles. The molecule has 0 amide bonds. The molecule has 4 rings (SSSR count). The molecule has 0 bridgehead atoms. The molecule has 0 aliphatic heterocycles. The van der Waals surface area contributed by atoms with Gasteiger partial charge in [0.25, 0.3) is 0 Å². The van der Waals surface area contributed by atoms with E-state index in [-0.39, 0.29) is 17.6 Å². The molecule has 0 fully saturated rings. The summed E-state index contributed by atoms with van der Waals surface area (Å²) in [6, 6.07) is 26.8. The van der Waals surface area contributed by atoms with Crippen molar-refractivity contribution in [2.75, 3.05) is 11.1 Å². The summed E-state index contributed by atoms with van der Waals surface area (Å²) >= 11 is 0. The molecule has 156 valence electrons. The lowest BCUT2D eigenvalue weighted by atomic mass is 10.0. The number of nitriles is 3. The standard InChI is InChI=1S/C25H15N7O/c26-13-16-1-7-21(8-2-16)30-25-31-23(29)12-24(32-25)33-22-9-5-17(6-10-22)18-3-4-19(14-27)20(11-18)15-28/h1-12H,(H3,29,30,31,32). The van der Waals surface area contributed by atoms with E-state index in [1.807, 2.05) is 24.3 Å². The molecule has 1 heterocycles. The van der Waals surface area contributed by atoms with Crippen molar-refractivity contribution in [3.63, 3.8) is 0 Å². The average molecular weight is 429 g/mol. The third-order valence-corrected chi connectivity index (χ3v) is 4.66. The van der Waals surface area contributed by atoms with Gasteiger partial charge >= 0.3 is 0 Å². The zero-order chi connectivity index (χ0) is 23.2. The molecule has 0 unspecified atom stereocenters. The Kier molecular flexibility index (Phi) is 5.80. The molecular weight excluding hydrogens is 414 g/mol. The summed E-state index contributed by atoms with van der Waals surface area (Å²) in [4.78, 5) is 8.49. The van der Waals surface area contributed by atoms with E-state index >= 15 is 0 Å². The maximum atomic E-state index is 9.23. The van der Waals surface area contributed by atoms with Crippen LogP contribution in [-0.2, 0) is 0 Å². The minimum Gasteiger partial charge on any atom is -0.439 e. The number of anilines is 3. The van der Waals surface area contributed by atoms with Crippen molar-refractivity contribution in [2.45, 2.75) is 0 Å². The number of hydrogen-bond donors (Lipinski definition) is 2. The van der Waals surface area contributed by atoms with Crippen LogP contribution in [-0.4, -0.2) is 9.97 Å². The SMILES string of the molecule is N#Cc1ccc(Nc2nc(N)cc(Oc3ccc(-c4ccc(C#N)c(C#N)c4)cc3)n2)cc1. The van der Waals surface area contributed by atoms with Crippen molar-refractivity contribution in [3.8, 4) is 41.0 Å². The molecule has 33 heavy (non-hydrogen) atoms. The van der Waals surface area contributed by atoms with Crippen LogP contribution in [0.2, 0.25) is 0 Å². The molecule has 0 radical (unpaired) electrons. The Labute approximate surface area is 189 Å². The minimum atomic E-state index is 0.231. The lowest BCUT2D eigenvalue weighted by molar-refractivity contribution is 0.463. The summed E-state index contributed by atoms with van der Waals surface area (Å²) in [6.07, 6.45) is 0. The number of rotatable bonds is 5. The zero-order valence-electron chi connectivity index (χ0n) is 17.1. The first-order chi connectivity index (χ1) is 16.1. The highest BCUT2D eigenvalue weighted by Crippen LogP contribution is 2.28. The maximum absolute atomic E-state index is 9.23. The van der Waals surface area contributed by atoms with Gasteiger partial charge in [-0.05, 0) is 59.7 Å². The molecule has 0 aliphatic rings. The van der Waals surface area contributed by atoms with Crippen LogP contribution in [0.4, 0.5) is 17.5 Å². The quantitative estimate of drug-likeness (QED) is 0.457. The maximum Gasteiger partial charge on any atom is 0.232 e. The Bertz CT molecular complexity index is 1440. The second-order valence-electron chi connectivity index (χ2n) is 6.88. The van der Waals surface area contributed by atoms with Gasteiger partial charge in [-0.25, -0.2) is 0 Å². The van der Waals surface area contributed by atoms with Crippen LogP contribution in [0.5, 0.6) is 11.6 Å². The molecule has 4 aromatic rings. The fraction of sp³-hybridized carbons (Fsp3) is 0. The van der Waals surface area contributed by atoms with E-state index in [2.05, 4.69) is 21.4 Å². The summed E-state index contributed by atoms with van der Waals surface area (Å²) in [6.45, 7) is 0. The van der Waals surface area contributed by atoms with E-state index in [4.69, 9.17) is 21.0 Å². The van der Waals surface area contributed by atoms with Crippen molar-refractivity contribution < 1.29 is 4.74 Å². The molecule has 0 spiro atoms. The summed E-state index contributed by atoms with van der Waals surface area (Å²) in [5, 5.41) is 30.2. The van der Waals surface area contributed by atoms with Gasteiger partial charge in [0.05, 0.1) is 22.8 Å². The van der Waals surface area contributed by atoms with E-state index in [0.717, 1.165) is 11.1 Å². The van der Waals surface area contributed by atoms with Crippen molar-refractivity contribution in [1.29, 1.82) is 15.8 Å². The van der Waals surface area contributed by atoms with E-state index in [1.54, 1.807) is 54.6 Å². The van der Waals surface area contributed by atoms with Crippen LogP contribution in [0.1, 0.15) is 16.7 Å².